The molecule has 0 saturated carbocycles. The molecule has 0 bridgehead atoms. The van der Waals surface area contributed by atoms with Crippen molar-refractivity contribution in [3.05, 3.63) is 59.0 Å². The minimum Gasteiger partial charge on any atom is -0.497 e. The molecule has 3 rings (SSSR count). The van der Waals surface area contributed by atoms with Gasteiger partial charge in [0.15, 0.2) is 11.3 Å². The molecule has 0 radical (unpaired) electrons. The van der Waals surface area contributed by atoms with E-state index in [1.807, 2.05) is 30.3 Å². The highest BCUT2D eigenvalue weighted by Crippen LogP contribution is 2.21. The zero-order valence-corrected chi connectivity index (χ0v) is 10.3. The van der Waals surface area contributed by atoms with Crippen molar-refractivity contribution in [3.8, 4) is 17.0 Å². The number of benzene rings is 2. The molecule has 3 aromatic rings. The van der Waals surface area contributed by atoms with E-state index in [1.54, 1.807) is 25.3 Å². The third kappa shape index (κ3) is 2.08. The summed E-state index contributed by atoms with van der Waals surface area (Å²) in [6.45, 7) is 0. The Balaban J connectivity index is 2.23. The standard InChI is InChI=1S/C15H11NO3/c1-18-11-7-8-12-13(9-11)19-15(17)14(16-12)10-5-3-2-4-6-10/h2-9H,1H3. The Morgan fingerprint density at radius 3 is 2.63 bits per heavy atom. The molecule has 0 saturated heterocycles. The first-order chi connectivity index (χ1) is 9.28. The van der Waals surface area contributed by atoms with E-state index in [9.17, 15) is 4.79 Å². The van der Waals surface area contributed by atoms with Crippen molar-refractivity contribution in [1.29, 1.82) is 0 Å². The van der Waals surface area contributed by atoms with Crippen molar-refractivity contribution in [2.24, 2.45) is 0 Å². The Hall–Kier alpha value is -2.62. The van der Waals surface area contributed by atoms with Gasteiger partial charge >= 0.3 is 5.63 Å². The van der Waals surface area contributed by atoms with Gasteiger partial charge in [-0.2, -0.15) is 0 Å². The van der Waals surface area contributed by atoms with Crippen molar-refractivity contribution >= 4 is 11.1 Å². The summed E-state index contributed by atoms with van der Waals surface area (Å²) < 4.78 is 10.4. The summed E-state index contributed by atoms with van der Waals surface area (Å²) in [4.78, 5) is 16.3. The molecular weight excluding hydrogens is 242 g/mol. The number of fused-ring (bicyclic) bond motifs is 1. The normalized spacial score (nSPS) is 10.6. The molecule has 0 fully saturated rings. The highest BCUT2D eigenvalue weighted by molar-refractivity contribution is 5.76. The average molecular weight is 253 g/mol. The quantitative estimate of drug-likeness (QED) is 0.704. The molecule has 4 nitrogen and oxygen atoms in total. The first kappa shape index (κ1) is 11.5. The van der Waals surface area contributed by atoms with Crippen molar-refractivity contribution < 1.29 is 9.15 Å². The lowest BCUT2D eigenvalue weighted by Crippen LogP contribution is -2.05. The summed E-state index contributed by atoms with van der Waals surface area (Å²) in [5.41, 5.74) is 1.66. The van der Waals surface area contributed by atoms with Crippen LogP contribution < -0.4 is 10.4 Å². The monoisotopic (exact) mass is 253 g/mol. The van der Waals surface area contributed by atoms with Crippen LogP contribution in [-0.4, -0.2) is 12.1 Å². The summed E-state index contributed by atoms with van der Waals surface area (Å²) in [7, 11) is 1.56. The Labute approximate surface area is 109 Å². The van der Waals surface area contributed by atoms with E-state index in [2.05, 4.69) is 4.98 Å². The first-order valence-electron chi connectivity index (χ1n) is 5.82. The molecule has 94 valence electrons. The van der Waals surface area contributed by atoms with Crippen LogP contribution in [0.1, 0.15) is 0 Å². The fourth-order valence-corrected chi connectivity index (χ4v) is 1.89. The Kier molecular flexibility index (Phi) is 2.76. The Bertz CT molecular complexity index is 778. The molecule has 0 spiro atoms. The summed E-state index contributed by atoms with van der Waals surface area (Å²) in [6, 6.07) is 14.5. The Morgan fingerprint density at radius 2 is 1.89 bits per heavy atom. The van der Waals surface area contributed by atoms with Gasteiger partial charge < -0.3 is 9.15 Å². The second-order valence-corrected chi connectivity index (χ2v) is 4.05. The largest absolute Gasteiger partial charge is 0.497 e. The van der Waals surface area contributed by atoms with Gasteiger partial charge in [0.05, 0.1) is 7.11 Å². The Morgan fingerprint density at radius 1 is 1.11 bits per heavy atom. The lowest BCUT2D eigenvalue weighted by atomic mass is 10.1. The van der Waals surface area contributed by atoms with E-state index in [4.69, 9.17) is 9.15 Å². The van der Waals surface area contributed by atoms with Gasteiger partial charge in [-0.3, -0.25) is 0 Å². The maximum atomic E-state index is 12.0. The van der Waals surface area contributed by atoms with E-state index < -0.39 is 5.63 Å². The van der Waals surface area contributed by atoms with Crippen LogP contribution in [0.4, 0.5) is 0 Å². The smallest absolute Gasteiger partial charge is 0.363 e. The topological polar surface area (TPSA) is 52.3 Å². The van der Waals surface area contributed by atoms with E-state index in [0.717, 1.165) is 5.56 Å². The second kappa shape index (κ2) is 4.57. The lowest BCUT2D eigenvalue weighted by molar-refractivity contribution is 0.414. The van der Waals surface area contributed by atoms with Crippen LogP contribution in [0.25, 0.3) is 22.4 Å². The van der Waals surface area contributed by atoms with Crippen molar-refractivity contribution in [2.75, 3.05) is 7.11 Å². The molecule has 0 unspecified atom stereocenters. The van der Waals surface area contributed by atoms with Crippen LogP contribution in [-0.2, 0) is 0 Å². The van der Waals surface area contributed by atoms with Crippen molar-refractivity contribution in [3.63, 3.8) is 0 Å². The van der Waals surface area contributed by atoms with Gasteiger partial charge in [0.1, 0.15) is 11.3 Å². The third-order valence-corrected chi connectivity index (χ3v) is 2.84. The van der Waals surface area contributed by atoms with Crippen LogP contribution in [0.15, 0.2) is 57.7 Å². The number of hydrogen-bond acceptors (Lipinski definition) is 4. The maximum Gasteiger partial charge on any atom is 0.363 e. The number of methoxy groups -OCH3 is 1. The number of ether oxygens (including phenoxy) is 1. The summed E-state index contributed by atoms with van der Waals surface area (Å²) >= 11 is 0. The van der Waals surface area contributed by atoms with E-state index >= 15 is 0 Å². The SMILES string of the molecule is COc1ccc2nc(-c3ccccc3)c(=O)oc2c1. The number of aromatic nitrogens is 1. The molecule has 0 aliphatic rings. The molecule has 0 aliphatic carbocycles. The van der Waals surface area contributed by atoms with Gasteiger partial charge in [-0.05, 0) is 12.1 Å². The fourth-order valence-electron chi connectivity index (χ4n) is 1.89. The van der Waals surface area contributed by atoms with Crippen LogP contribution in [0, 0.1) is 0 Å². The van der Waals surface area contributed by atoms with E-state index in [1.165, 1.54) is 0 Å². The van der Waals surface area contributed by atoms with Gasteiger partial charge in [0.2, 0.25) is 0 Å². The average Bonchev–Trinajstić information content (AvgIpc) is 2.47. The summed E-state index contributed by atoms with van der Waals surface area (Å²) in [5.74, 6) is 0.630. The molecule has 0 amide bonds. The molecule has 0 aliphatic heterocycles. The van der Waals surface area contributed by atoms with Gasteiger partial charge in [-0.1, -0.05) is 30.3 Å². The molecular formula is C15H11NO3. The van der Waals surface area contributed by atoms with Gasteiger partial charge in [-0.15, -0.1) is 0 Å². The third-order valence-electron chi connectivity index (χ3n) is 2.84. The van der Waals surface area contributed by atoms with Crippen LogP contribution in [0.2, 0.25) is 0 Å². The molecule has 0 N–H and O–H groups in total. The minimum atomic E-state index is -0.452. The molecule has 1 aromatic heterocycles. The van der Waals surface area contributed by atoms with Crippen LogP contribution >= 0.6 is 0 Å². The fraction of sp³-hybridized carbons (Fsp3) is 0.0667. The molecule has 19 heavy (non-hydrogen) atoms. The summed E-state index contributed by atoms with van der Waals surface area (Å²) in [6.07, 6.45) is 0. The maximum absolute atomic E-state index is 12.0. The highest BCUT2D eigenvalue weighted by atomic mass is 16.5. The first-order valence-corrected chi connectivity index (χ1v) is 5.82. The number of hydrogen-bond donors (Lipinski definition) is 0. The van der Waals surface area contributed by atoms with Crippen molar-refractivity contribution in [2.45, 2.75) is 0 Å². The van der Waals surface area contributed by atoms with E-state index in [-0.39, 0.29) is 0 Å². The predicted molar refractivity (Wildman–Crippen MR) is 72.3 cm³/mol. The van der Waals surface area contributed by atoms with Gasteiger partial charge in [-0.25, -0.2) is 9.78 Å². The molecule has 1 heterocycles. The predicted octanol–water partition coefficient (Wildman–Crippen LogP) is 2.86. The van der Waals surface area contributed by atoms with Crippen molar-refractivity contribution in [1.82, 2.24) is 4.98 Å². The molecule has 4 heteroatoms. The zero-order valence-electron chi connectivity index (χ0n) is 10.3. The lowest BCUT2D eigenvalue weighted by Gasteiger charge is -2.03. The van der Waals surface area contributed by atoms with E-state index in [0.29, 0.717) is 22.5 Å². The van der Waals surface area contributed by atoms with Crippen LogP contribution in [0.5, 0.6) is 5.75 Å². The number of nitrogens with zero attached hydrogens (tertiary/aromatic N) is 1. The number of rotatable bonds is 2. The summed E-state index contributed by atoms with van der Waals surface area (Å²) in [5, 5.41) is 0. The second-order valence-electron chi connectivity index (χ2n) is 4.05. The van der Waals surface area contributed by atoms with Gasteiger partial charge in [0.25, 0.3) is 0 Å². The molecule has 0 atom stereocenters. The highest BCUT2D eigenvalue weighted by Gasteiger charge is 2.09. The zero-order chi connectivity index (χ0) is 13.2. The molecule has 2 aromatic carbocycles. The van der Waals surface area contributed by atoms with Crippen LogP contribution in [0.3, 0.4) is 0 Å². The minimum absolute atomic E-state index is 0.318. The van der Waals surface area contributed by atoms with Gasteiger partial charge in [0, 0.05) is 11.6 Å².